The van der Waals surface area contributed by atoms with Gasteiger partial charge in [-0.15, -0.1) is 11.8 Å². The summed E-state index contributed by atoms with van der Waals surface area (Å²) in [6.45, 7) is 1.53. The number of carbonyl (C=O) groups is 2. The number of hydrogen-bond donors (Lipinski definition) is 0. The fraction of sp³-hybridized carbons (Fsp3) is 0.278. The number of nitrogens with zero attached hydrogens (tertiary/aromatic N) is 2. The summed E-state index contributed by atoms with van der Waals surface area (Å²) in [5, 5.41) is 8.47. The predicted octanol–water partition coefficient (Wildman–Crippen LogP) is 2.86. The van der Waals surface area contributed by atoms with Crippen LogP contribution in [0.5, 0.6) is 0 Å². The van der Waals surface area contributed by atoms with E-state index in [2.05, 4.69) is 0 Å². The molecule has 0 radical (unpaired) electrons. The van der Waals surface area contributed by atoms with Crippen LogP contribution >= 0.6 is 11.8 Å². The SMILES string of the molecule is CC(=O)N1[C@H](C(=O)OCc2ccc(C#N)cc2)CS[C@H]1c1ccco1. The Bertz CT molecular complexity index is 795. The fourth-order valence-electron chi connectivity index (χ4n) is 2.65. The smallest absolute Gasteiger partial charge is 0.330 e. The summed E-state index contributed by atoms with van der Waals surface area (Å²) in [5.41, 5.74) is 1.33. The first kappa shape index (κ1) is 17.1. The Morgan fingerprint density at radius 1 is 1.36 bits per heavy atom. The highest BCUT2D eigenvalue weighted by Gasteiger charge is 2.43. The fourth-order valence-corrected chi connectivity index (χ4v) is 4.07. The first-order valence-electron chi connectivity index (χ1n) is 7.69. The average molecular weight is 356 g/mol. The molecule has 3 rings (SSSR count). The molecule has 1 aromatic heterocycles. The highest BCUT2D eigenvalue weighted by atomic mass is 32.2. The number of carbonyl (C=O) groups excluding carboxylic acids is 2. The molecule has 128 valence electrons. The maximum Gasteiger partial charge on any atom is 0.330 e. The number of amides is 1. The number of benzene rings is 1. The summed E-state index contributed by atoms with van der Waals surface area (Å²) in [6.07, 6.45) is 1.55. The number of furan rings is 1. The van der Waals surface area contributed by atoms with Gasteiger partial charge in [0.25, 0.3) is 0 Å². The Morgan fingerprint density at radius 2 is 2.12 bits per heavy atom. The Morgan fingerprint density at radius 3 is 2.72 bits per heavy atom. The van der Waals surface area contributed by atoms with Gasteiger partial charge in [0.05, 0.1) is 17.9 Å². The Hall–Kier alpha value is -2.72. The van der Waals surface area contributed by atoms with Gasteiger partial charge >= 0.3 is 5.97 Å². The van der Waals surface area contributed by atoms with Crippen LogP contribution in [0.25, 0.3) is 0 Å². The van der Waals surface area contributed by atoms with E-state index in [1.54, 1.807) is 42.7 Å². The number of hydrogen-bond acceptors (Lipinski definition) is 6. The zero-order chi connectivity index (χ0) is 17.8. The molecule has 0 aliphatic carbocycles. The zero-order valence-electron chi connectivity index (χ0n) is 13.5. The van der Waals surface area contributed by atoms with E-state index >= 15 is 0 Å². The highest BCUT2D eigenvalue weighted by Crippen LogP contribution is 2.41. The molecule has 1 amide bonds. The molecular formula is C18H16N2O4S. The van der Waals surface area contributed by atoms with Crippen molar-refractivity contribution >= 4 is 23.6 Å². The van der Waals surface area contributed by atoms with Gasteiger partial charge in [-0.2, -0.15) is 5.26 Å². The summed E-state index contributed by atoms with van der Waals surface area (Å²) in [5.74, 6) is 0.451. The summed E-state index contributed by atoms with van der Waals surface area (Å²) >= 11 is 1.47. The summed E-state index contributed by atoms with van der Waals surface area (Å²) in [4.78, 5) is 26.0. The Labute approximate surface area is 149 Å². The van der Waals surface area contributed by atoms with Crippen molar-refractivity contribution in [1.82, 2.24) is 4.90 Å². The molecule has 2 heterocycles. The zero-order valence-corrected chi connectivity index (χ0v) is 14.4. The van der Waals surface area contributed by atoms with E-state index < -0.39 is 12.0 Å². The van der Waals surface area contributed by atoms with Crippen molar-refractivity contribution in [3.8, 4) is 6.07 Å². The Kier molecular flexibility index (Phi) is 5.10. The van der Waals surface area contributed by atoms with Crippen LogP contribution in [-0.2, 0) is 20.9 Å². The molecule has 0 saturated carbocycles. The van der Waals surface area contributed by atoms with Gasteiger partial charge in [-0.05, 0) is 29.8 Å². The summed E-state index contributed by atoms with van der Waals surface area (Å²) in [7, 11) is 0. The molecule has 1 saturated heterocycles. The first-order valence-corrected chi connectivity index (χ1v) is 8.74. The van der Waals surface area contributed by atoms with E-state index in [1.807, 2.05) is 6.07 Å². The van der Waals surface area contributed by atoms with E-state index in [1.165, 1.54) is 23.6 Å². The second-order valence-corrected chi connectivity index (χ2v) is 6.67. The van der Waals surface area contributed by atoms with Crippen molar-refractivity contribution in [3.05, 3.63) is 59.5 Å². The highest BCUT2D eigenvalue weighted by molar-refractivity contribution is 7.99. The van der Waals surface area contributed by atoms with Crippen LogP contribution in [0.2, 0.25) is 0 Å². The molecule has 0 bridgehead atoms. The molecule has 7 heteroatoms. The van der Waals surface area contributed by atoms with Gasteiger partial charge in [0, 0.05) is 12.7 Å². The minimum Gasteiger partial charge on any atom is -0.466 e. The molecule has 2 atom stereocenters. The van der Waals surface area contributed by atoms with Gasteiger partial charge in [0.2, 0.25) is 5.91 Å². The molecule has 1 aromatic carbocycles. The molecule has 0 unspecified atom stereocenters. The molecule has 1 aliphatic heterocycles. The Balaban J connectivity index is 1.66. The quantitative estimate of drug-likeness (QED) is 0.783. The molecule has 25 heavy (non-hydrogen) atoms. The standard InChI is InChI=1S/C18H16N2O4S/c1-12(21)20-15(11-25-17(20)16-3-2-8-23-16)18(22)24-10-14-6-4-13(9-19)5-7-14/h2-8,15,17H,10-11H2,1H3/t15-,17-/m0/s1. The predicted molar refractivity (Wildman–Crippen MR) is 91.2 cm³/mol. The lowest BCUT2D eigenvalue weighted by Gasteiger charge is -2.25. The van der Waals surface area contributed by atoms with Crippen LogP contribution in [0.15, 0.2) is 47.1 Å². The maximum absolute atomic E-state index is 12.5. The lowest BCUT2D eigenvalue weighted by molar-refractivity contribution is -0.154. The van der Waals surface area contributed by atoms with Crippen LogP contribution in [0, 0.1) is 11.3 Å². The normalized spacial score (nSPS) is 19.4. The maximum atomic E-state index is 12.5. The van der Waals surface area contributed by atoms with Gasteiger partial charge in [-0.3, -0.25) is 4.79 Å². The van der Waals surface area contributed by atoms with Crippen molar-refractivity contribution in [2.75, 3.05) is 5.75 Å². The second-order valence-electron chi connectivity index (χ2n) is 5.56. The van der Waals surface area contributed by atoms with Crippen molar-refractivity contribution in [3.63, 3.8) is 0 Å². The molecule has 2 aromatic rings. The first-order chi connectivity index (χ1) is 12.1. The second kappa shape index (κ2) is 7.45. The van der Waals surface area contributed by atoms with Crippen molar-refractivity contribution in [2.45, 2.75) is 24.9 Å². The van der Waals surface area contributed by atoms with Crippen molar-refractivity contribution in [1.29, 1.82) is 5.26 Å². The van der Waals surface area contributed by atoms with Crippen LogP contribution in [0.4, 0.5) is 0 Å². The van der Waals surface area contributed by atoms with Crippen molar-refractivity contribution in [2.24, 2.45) is 0 Å². The molecule has 1 aliphatic rings. The molecular weight excluding hydrogens is 340 g/mol. The number of nitriles is 1. The molecule has 0 N–H and O–H groups in total. The summed E-state index contributed by atoms with van der Waals surface area (Å²) < 4.78 is 10.8. The van der Waals surface area contributed by atoms with Gasteiger partial charge in [-0.1, -0.05) is 12.1 Å². The van der Waals surface area contributed by atoms with E-state index in [-0.39, 0.29) is 17.9 Å². The van der Waals surface area contributed by atoms with Crippen LogP contribution in [0.1, 0.15) is 29.2 Å². The van der Waals surface area contributed by atoms with Crippen LogP contribution in [0.3, 0.4) is 0 Å². The number of esters is 1. The van der Waals surface area contributed by atoms with Crippen LogP contribution < -0.4 is 0 Å². The summed E-state index contributed by atoms with van der Waals surface area (Å²) in [6, 6.07) is 11.8. The molecule has 0 spiro atoms. The molecule has 1 fully saturated rings. The van der Waals surface area contributed by atoms with Crippen molar-refractivity contribution < 1.29 is 18.7 Å². The number of ether oxygens (including phenoxy) is 1. The number of thioether (sulfide) groups is 1. The van der Waals surface area contributed by atoms with Gasteiger partial charge in [0.15, 0.2) is 0 Å². The lowest BCUT2D eigenvalue weighted by Crippen LogP contribution is -2.42. The van der Waals surface area contributed by atoms with E-state index in [0.717, 1.165) is 5.56 Å². The minimum absolute atomic E-state index is 0.100. The molecule has 6 nitrogen and oxygen atoms in total. The van der Waals surface area contributed by atoms with Gasteiger partial charge in [0.1, 0.15) is 23.8 Å². The number of rotatable bonds is 4. The third kappa shape index (κ3) is 3.69. The average Bonchev–Trinajstić information content (AvgIpc) is 3.28. The largest absolute Gasteiger partial charge is 0.466 e. The third-order valence-electron chi connectivity index (χ3n) is 3.89. The van der Waals surface area contributed by atoms with E-state index in [4.69, 9.17) is 14.4 Å². The van der Waals surface area contributed by atoms with E-state index in [9.17, 15) is 9.59 Å². The lowest BCUT2D eigenvalue weighted by atomic mass is 10.1. The van der Waals surface area contributed by atoms with Crippen LogP contribution in [-0.4, -0.2) is 28.6 Å². The van der Waals surface area contributed by atoms with E-state index in [0.29, 0.717) is 17.1 Å². The minimum atomic E-state index is -0.643. The van der Waals surface area contributed by atoms with Gasteiger partial charge < -0.3 is 14.1 Å². The topological polar surface area (TPSA) is 83.5 Å². The third-order valence-corrected chi connectivity index (χ3v) is 5.17. The van der Waals surface area contributed by atoms with Gasteiger partial charge in [-0.25, -0.2) is 4.79 Å². The monoisotopic (exact) mass is 356 g/mol.